The number of benzene rings is 3. The standard InChI is InChI=1S/C21H17N3O2/c25-20(22-14-15-7-3-1-4-8-15)16-11-12-19-18(13-16)23-21(26)24(19)17-9-5-2-6-10-17/h1-13H,14H2,(H,22,25)(H,23,26). The summed E-state index contributed by atoms with van der Waals surface area (Å²) in [6.45, 7) is 0.458. The van der Waals surface area contributed by atoms with Gasteiger partial charge in [-0.05, 0) is 35.9 Å². The minimum absolute atomic E-state index is 0.177. The van der Waals surface area contributed by atoms with E-state index in [0.29, 0.717) is 17.6 Å². The van der Waals surface area contributed by atoms with Gasteiger partial charge >= 0.3 is 5.69 Å². The van der Waals surface area contributed by atoms with Crippen molar-refractivity contribution in [2.24, 2.45) is 0 Å². The predicted octanol–water partition coefficient (Wildman–Crippen LogP) is 3.25. The number of fused-ring (bicyclic) bond motifs is 1. The van der Waals surface area contributed by atoms with Crippen LogP contribution in [0.1, 0.15) is 15.9 Å². The third-order valence-electron chi connectivity index (χ3n) is 4.25. The van der Waals surface area contributed by atoms with Gasteiger partial charge in [0.15, 0.2) is 0 Å². The molecule has 0 aliphatic heterocycles. The Bertz CT molecular complexity index is 1110. The minimum Gasteiger partial charge on any atom is -0.348 e. The Labute approximate surface area is 149 Å². The van der Waals surface area contributed by atoms with Crippen LogP contribution in [0.25, 0.3) is 16.7 Å². The number of imidazole rings is 1. The zero-order chi connectivity index (χ0) is 17.9. The number of hydrogen-bond donors (Lipinski definition) is 2. The Hall–Kier alpha value is -3.60. The van der Waals surface area contributed by atoms with Crippen molar-refractivity contribution in [1.82, 2.24) is 14.9 Å². The molecule has 0 atom stereocenters. The summed E-state index contributed by atoms with van der Waals surface area (Å²) in [5, 5.41) is 2.90. The Balaban J connectivity index is 1.62. The molecular formula is C21H17N3O2. The fraction of sp³-hybridized carbons (Fsp3) is 0.0476. The third-order valence-corrected chi connectivity index (χ3v) is 4.25. The van der Waals surface area contributed by atoms with Gasteiger partial charge in [0.1, 0.15) is 0 Å². The number of carbonyl (C=O) groups is 1. The van der Waals surface area contributed by atoms with E-state index in [9.17, 15) is 9.59 Å². The summed E-state index contributed by atoms with van der Waals surface area (Å²) in [5.74, 6) is -0.177. The molecule has 3 aromatic carbocycles. The van der Waals surface area contributed by atoms with Crippen LogP contribution in [0.15, 0.2) is 83.7 Å². The van der Waals surface area contributed by atoms with Crippen LogP contribution in [0.5, 0.6) is 0 Å². The summed E-state index contributed by atoms with van der Waals surface area (Å²) in [6.07, 6.45) is 0. The first-order chi connectivity index (χ1) is 12.7. The second-order valence-corrected chi connectivity index (χ2v) is 6.00. The Morgan fingerprint density at radius 1 is 0.923 bits per heavy atom. The van der Waals surface area contributed by atoms with E-state index in [1.54, 1.807) is 22.8 Å². The molecule has 4 rings (SSSR count). The SMILES string of the molecule is O=C(NCc1ccccc1)c1ccc2c(c1)[nH]c(=O)n2-c1ccccc1. The molecule has 5 heteroatoms. The number of aromatic nitrogens is 2. The molecule has 0 radical (unpaired) electrons. The summed E-state index contributed by atoms with van der Waals surface area (Å²) in [5.41, 5.74) is 3.46. The van der Waals surface area contributed by atoms with Crippen LogP contribution in [0.4, 0.5) is 0 Å². The van der Waals surface area contributed by atoms with Gasteiger partial charge in [0.2, 0.25) is 0 Å². The highest BCUT2D eigenvalue weighted by molar-refractivity contribution is 5.97. The first-order valence-electron chi connectivity index (χ1n) is 8.35. The number of nitrogens with one attached hydrogen (secondary N) is 2. The molecule has 0 spiro atoms. The van der Waals surface area contributed by atoms with Crippen molar-refractivity contribution < 1.29 is 4.79 Å². The Kier molecular flexibility index (Phi) is 4.11. The number of rotatable bonds is 4. The highest BCUT2D eigenvalue weighted by atomic mass is 16.2. The van der Waals surface area contributed by atoms with Gasteiger partial charge < -0.3 is 10.3 Å². The molecule has 1 aromatic heterocycles. The van der Waals surface area contributed by atoms with E-state index in [1.807, 2.05) is 60.7 Å². The first-order valence-corrected chi connectivity index (χ1v) is 8.35. The number of aromatic amines is 1. The second kappa shape index (κ2) is 6.72. The van der Waals surface area contributed by atoms with Crippen molar-refractivity contribution >= 4 is 16.9 Å². The second-order valence-electron chi connectivity index (χ2n) is 6.00. The smallest absolute Gasteiger partial charge is 0.331 e. The number of H-pyrrole nitrogens is 1. The number of nitrogens with zero attached hydrogens (tertiary/aromatic N) is 1. The molecule has 26 heavy (non-hydrogen) atoms. The third kappa shape index (κ3) is 3.02. The van der Waals surface area contributed by atoms with Gasteiger partial charge in [0.05, 0.1) is 16.7 Å². The summed E-state index contributed by atoms with van der Waals surface area (Å²) >= 11 is 0. The maximum Gasteiger partial charge on any atom is 0.331 e. The molecule has 0 unspecified atom stereocenters. The molecule has 128 valence electrons. The van der Waals surface area contributed by atoms with Crippen LogP contribution < -0.4 is 11.0 Å². The van der Waals surface area contributed by atoms with E-state index < -0.39 is 0 Å². The van der Waals surface area contributed by atoms with Crippen LogP contribution in [0.2, 0.25) is 0 Å². The summed E-state index contributed by atoms with van der Waals surface area (Å²) in [6, 6.07) is 24.4. The summed E-state index contributed by atoms with van der Waals surface area (Å²) in [7, 11) is 0. The lowest BCUT2D eigenvalue weighted by Crippen LogP contribution is -2.22. The zero-order valence-electron chi connectivity index (χ0n) is 14.0. The molecule has 5 nitrogen and oxygen atoms in total. The first kappa shape index (κ1) is 15.9. The highest BCUT2D eigenvalue weighted by Gasteiger charge is 2.12. The molecule has 0 fully saturated rings. The van der Waals surface area contributed by atoms with E-state index in [2.05, 4.69) is 10.3 Å². The Morgan fingerprint density at radius 2 is 1.62 bits per heavy atom. The highest BCUT2D eigenvalue weighted by Crippen LogP contribution is 2.17. The molecule has 4 aromatic rings. The zero-order valence-corrected chi connectivity index (χ0v) is 14.0. The molecule has 2 N–H and O–H groups in total. The van der Waals surface area contributed by atoms with Gasteiger partial charge in [-0.1, -0.05) is 48.5 Å². The van der Waals surface area contributed by atoms with Gasteiger partial charge in [-0.3, -0.25) is 9.36 Å². The molecule has 0 bridgehead atoms. The average Bonchev–Trinajstić information content (AvgIpc) is 3.02. The fourth-order valence-corrected chi connectivity index (χ4v) is 2.97. The van der Waals surface area contributed by atoms with E-state index in [4.69, 9.17) is 0 Å². The van der Waals surface area contributed by atoms with Crippen molar-refractivity contribution in [3.8, 4) is 5.69 Å². The maximum absolute atomic E-state index is 12.4. The number of para-hydroxylation sites is 1. The van der Waals surface area contributed by atoms with E-state index in [0.717, 1.165) is 16.8 Å². The van der Waals surface area contributed by atoms with Crippen molar-refractivity contribution in [3.63, 3.8) is 0 Å². The predicted molar refractivity (Wildman–Crippen MR) is 102 cm³/mol. The van der Waals surface area contributed by atoms with Gasteiger partial charge in [-0.2, -0.15) is 0 Å². The van der Waals surface area contributed by atoms with Gasteiger partial charge in [0, 0.05) is 12.1 Å². The van der Waals surface area contributed by atoms with Crippen LogP contribution in [0, 0.1) is 0 Å². The van der Waals surface area contributed by atoms with E-state index >= 15 is 0 Å². The van der Waals surface area contributed by atoms with Crippen molar-refractivity contribution in [2.45, 2.75) is 6.54 Å². The quantitative estimate of drug-likeness (QED) is 0.597. The average molecular weight is 343 g/mol. The maximum atomic E-state index is 12.4. The molecular weight excluding hydrogens is 326 g/mol. The van der Waals surface area contributed by atoms with Crippen molar-refractivity contribution in [3.05, 3.63) is 100 Å². The minimum atomic E-state index is -0.229. The van der Waals surface area contributed by atoms with Crippen molar-refractivity contribution in [1.29, 1.82) is 0 Å². The monoisotopic (exact) mass is 343 g/mol. The topological polar surface area (TPSA) is 66.9 Å². The van der Waals surface area contributed by atoms with Gasteiger partial charge in [-0.15, -0.1) is 0 Å². The van der Waals surface area contributed by atoms with Crippen LogP contribution in [-0.2, 0) is 6.54 Å². The Morgan fingerprint density at radius 3 is 2.35 bits per heavy atom. The van der Waals surface area contributed by atoms with Gasteiger partial charge in [0.25, 0.3) is 5.91 Å². The summed E-state index contributed by atoms with van der Waals surface area (Å²) < 4.78 is 1.60. The summed E-state index contributed by atoms with van der Waals surface area (Å²) in [4.78, 5) is 27.6. The lowest BCUT2D eigenvalue weighted by molar-refractivity contribution is 0.0951. The van der Waals surface area contributed by atoms with Gasteiger partial charge in [-0.25, -0.2) is 4.79 Å². The van der Waals surface area contributed by atoms with Crippen molar-refractivity contribution in [2.75, 3.05) is 0 Å². The van der Waals surface area contributed by atoms with E-state index in [1.165, 1.54) is 0 Å². The van der Waals surface area contributed by atoms with Crippen LogP contribution in [-0.4, -0.2) is 15.5 Å². The largest absolute Gasteiger partial charge is 0.348 e. The normalized spacial score (nSPS) is 10.8. The molecule has 0 saturated heterocycles. The molecule has 1 heterocycles. The number of carbonyl (C=O) groups excluding carboxylic acids is 1. The van der Waals surface area contributed by atoms with Crippen LogP contribution in [0.3, 0.4) is 0 Å². The number of hydrogen-bond acceptors (Lipinski definition) is 2. The number of amides is 1. The fourth-order valence-electron chi connectivity index (χ4n) is 2.97. The lowest BCUT2D eigenvalue weighted by atomic mass is 10.1. The molecule has 0 aliphatic carbocycles. The van der Waals surface area contributed by atoms with Crippen LogP contribution >= 0.6 is 0 Å². The molecule has 0 aliphatic rings. The molecule has 0 saturated carbocycles. The van der Waals surface area contributed by atoms with E-state index in [-0.39, 0.29) is 11.6 Å². The lowest BCUT2D eigenvalue weighted by Gasteiger charge is -2.06. The molecule has 1 amide bonds.